The summed E-state index contributed by atoms with van der Waals surface area (Å²) in [4.78, 5) is 30.1. The summed E-state index contributed by atoms with van der Waals surface area (Å²) >= 11 is 0. The summed E-state index contributed by atoms with van der Waals surface area (Å²) in [5, 5.41) is 9.75. The number of pyridine rings is 1. The van der Waals surface area contributed by atoms with Gasteiger partial charge >= 0.3 is 0 Å². The van der Waals surface area contributed by atoms with Crippen LogP contribution in [0, 0.1) is 5.92 Å². The van der Waals surface area contributed by atoms with E-state index in [0.29, 0.717) is 18.7 Å². The number of aromatic nitrogens is 3. The van der Waals surface area contributed by atoms with Crippen LogP contribution in [0.25, 0.3) is 0 Å². The molecular weight excluding hydrogens is 306 g/mol. The minimum Gasteiger partial charge on any atom is -0.350 e. The third-order valence-electron chi connectivity index (χ3n) is 4.51. The molecule has 2 N–H and O–H groups in total. The van der Waals surface area contributed by atoms with Gasteiger partial charge in [-0.3, -0.25) is 19.7 Å². The van der Waals surface area contributed by atoms with Crippen LogP contribution >= 0.6 is 0 Å². The van der Waals surface area contributed by atoms with E-state index in [2.05, 4.69) is 20.5 Å². The first kappa shape index (κ1) is 16.2. The van der Waals surface area contributed by atoms with Crippen molar-refractivity contribution in [1.29, 1.82) is 0 Å². The Morgan fingerprint density at radius 3 is 2.83 bits per heavy atom. The number of likely N-dealkylation sites (tertiary alicyclic amines) is 1. The van der Waals surface area contributed by atoms with Crippen molar-refractivity contribution in [2.24, 2.45) is 5.92 Å². The monoisotopic (exact) mass is 327 g/mol. The summed E-state index contributed by atoms with van der Waals surface area (Å²) in [5.74, 6) is -0.107. The zero-order valence-corrected chi connectivity index (χ0v) is 13.8. The zero-order valence-electron chi connectivity index (χ0n) is 13.8. The second-order valence-electron chi connectivity index (χ2n) is 6.04. The Bertz CT molecular complexity index is 728. The Hall–Kier alpha value is -2.70. The van der Waals surface area contributed by atoms with Crippen LogP contribution in [-0.2, 0) is 11.2 Å². The lowest BCUT2D eigenvalue weighted by Crippen LogP contribution is -2.32. The number of hydrogen-bond acceptors (Lipinski definition) is 4. The first-order valence-corrected chi connectivity index (χ1v) is 8.08. The number of carbonyl (C=O) groups is 2. The number of aromatic amines is 1. The molecule has 3 rings (SSSR count). The molecule has 1 fully saturated rings. The molecule has 0 aromatic carbocycles. The molecule has 2 aromatic heterocycles. The summed E-state index contributed by atoms with van der Waals surface area (Å²) < 4.78 is 0. The van der Waals surface area contributed by atoms with E-state index >= 15 is 0 Å². The third kappa shape index (κ3) is 3.15. The van der Waals surface area contributed by atoms with Crippen molar-refractivity contribution in [3.8, 4) is 0 Å². The van der Waals surface area contributed by atoms with E-state index in [0.717, 1.165) is 17.7 Å². The predicted octanol–water partition coefficient (Wildman–Crippen LogP) is 1.32. The number of amides is 2. The molecule has 2 aromatic rings. The smallest absolute Gasteiger partial charge is 0.271 e. The van der Waals surface area contributed by atoms with Crippen LogP contribution < -0.4 is 5.32 Å². The van der Waals surface area contributed by atoms with E-state index in [-0.39, 0.29) is 23.8 Å². The van der Waals surface area contributed by atoms with Gasteiger partial charge in [-0.2, -0.15) is 5.10 Å². The number of rotatable bonds is 5. The van der Waals surface area contributed by atoms with E-state index in [1.807, 2.05) is 19.1 Å². The molecule has 0 radical (unpaired) electrons. The number of hydrogen-bond donors (Lipinski definition) is 2. The SMILES string of the molecule is CCc1cc(C(=O)NC[C@@H]2CC(=O)N(C)[C@H]2c2ccncc2)n[nH]1. The fraction of sp³-hybridized carbons (Fsp3) is 0.412. The minimum absolute atomic E-state index is 0.0263. The van der Waals surface area contributed by atoms with Gasteiger partial charge in [0.15, 0.2) is 0 Å². The van der Waals surface area contributed by atoms with Gasteiger partial charge in [-0.15, -0.1) is 0 Å². The molecule has 2 amide bonds. The highest BCUT2D eigenvalue weighted by atomic mass is 16.2. The molecule has 3 heterocycles. The summed E-state index contributed by atoms with van der Waals surface area (Å²) in [6, 6.07) is 5.53. The van der Waals surface area contributed by atoms with Gasteiger partial charge in [0.2, 0.25) is 5.91 Å². The zero-order chi connectivity index (χ0) is 17.1. The largest absolute Gasteiger partial charge is 0.350 e. The molecule has 7 heteroatoms. The average molecular weight is 327 g/mol. The van der Waals surface area contributed by atoms with Crippen molar-refractivity contribution in [2.75, 3.05) is 13.6 Å². The van der Waals surface area contributed by atoms with Gasteiger partial charge in [0.05, 0.1) is 6.04 Å². The maximum Gasteiger partial charge on any atom is 0.271 e. The second kappa shape index (κ2) is 6.82. The van der Waals surface area contributed by atoms with Crippen molar-refractivity contribution in [1.82, 2.24) is 25.4 Å². The Morgan fingerprint density at radius 1 is 1.42 bits per heavy atom. The molecular formula is C17H21N5O2. The number of nitrogens with one attached hydrogen (secondary N) is 2. The Labute approximate surface area is 140 Å². The van der Waals surface area contributed by atoms with E-state index in [4.69, 9.17) is 0 Å². The fourth-order valence-electron chi connectivity index (χ4n) is 3.16. The lowest BCUT2D eigenvalue weighted by Gasteiger charge is -2.25. The third-order valence-corrected chi connectivity index (χ3v) is 4.51. The first-order valence-electron chi connectivity index (χ1n) is 8.08. The molecule has 1 aliphatic heterocycles. The van der Waals surface area contributed by atoms with Crippen molar-refractivity contribution in [3.63, 3.8) is 0 Å². The van der Waals surface area contributed by atoms with Crippen LogP contribution in [0.1, 0.15) is 41.1 Å². The Morgan fingerprint density at radius 2 is 2.17 bits per heavy atom. The highest BCUT2D eigenvalue weighted by Crippen LogP contribution is 2.36. The molecule has 2 atom stereocenters. The fourth-order valence-corrected chi connectivity index (χ4v) is 3.16. The summed E-state index contributed by atoms with van der Waals surface area (Å²) in [5.41, 5.74) is 2.33. The van der Waals surface area contributed by atoms with E-state index in [9.17, 15) is 9.59 Å². The standard InChI is InChI=1S/C17H21N5O2/c1-3-13-9-14(21-20-13)17(24)19-10-12-8-15(23)22(2)16(12)11-4-6-18-7-5-11/h4-7,9,12,16H,3,8,10H2,1-2H3,(H,19,24)(H,20,21)/t12-,16-/m0/s1. The normalized spacial score (nSPS) is 20.4. The molecule has 0 saturated carbocycles. The van der Waals surface area contributed by atoms with Crippen LogP contribution in [0.2, 0.25) is 0 Å². The number of H-pyrrole nitrogens is 1. The predicted molar refractivity (Wildman–Crippen MR) is 88.2 cm³/mol. The quantitative estimate of drug-likeness (QED) is 0.866. The van der Waals surface area contributed by atoms with E-state index in [1.54, 1.807) is 30.4 Å². The Balaban J connectivity index is 1.69. The second-order valence-corrected chi connectivity index (χ2v) is 6.04. The molecule has 0 spiro atoms. The summed E-state index contributed by atoms with van der Waals surface area (Å²) in [6.07, 6.45) is 4.66. The lowest BCUT2D eigenvalue weighted by molar-refractivity contribution is -0.127. The molecule has 0 unspecified atom stereocenters. The molecule has 24 heavy (non-hydrogen) atoms. The van der Waals surface area contributed by atoms with Crippen molar-refractivity contribution in [2.45, 2.75) is 25.8 Å². The highest BCUT2D eigenvalue weighted by Gasteiger charge is 2.38. The molecule has 0 bridgehead atoms. The molecule has 126 valence electrons. The molecule has 1 aliphatic rings. The van der Waals surface area contributed by atoms with E-state index in [1.165, 1.54) is 0 Å². The topological polar surface area (TPSA) is 91.0 Å². The van der Waals surface area contributed by atoms with Gasteiger partial charge in [0.25, 0.3) is 5.91 Å². The van der Waals surface area contributed by atoms with Crippen LogP contribution in [0.4, 0.5) is 0 Å². The molecule has 7 nitrogen and oxygen atoms in total. The van der Waals surface area contributed by atoms with Crippen molar-refractivity contribution in [3.05, 3.63) is 47.5 Å². The Kier molecular flexibility index (Phi) is 4.59. The van der Waals surface area contributed by atoms with Crippen LogP contribution in [0.3, 0.4) is 0 Å². The number of aryl methyl sites for hydroxylation is 1. The van der Waals surface area contributed by atoms with Gasteiger partial charge in [0, 0.05) is 44.0 Å². The average Bonchev–Trinajstić information content (AvgIpc) is 3.19. The van der Waals surface area contributed by atoms with Crippen LogP contribution in [0.15, 0.2) is 30.6 Å². The number of carbonyl (C=O) groups excluding carboxylic acids is 2. The van der Waals surface area contributed by atoms with Crippen LogP contribution in [-0.4, -0.2) is 45.5 Å². The summed E-state index contributed by atoms with van der Waals surface area (Å²) in [6.45, 7) is 2.42. The lowest BCUT2D eigenvalue weighted by atomic mass is 9.94. The first-order chi connectivity index (χ1) is 11.6. The number of nitrogens with zero attached hydrogens (tertiary/aromatic N) is 3. The van der Waals surface area contributed by atoms with Gasteiger partial charge in [-0.25, -0.2) is 0 Å². The minimum atomic E-state index is -0.221. The van der Waals surface area contributed by atoms with E-state index < -0.39 is 0 Å². The van der Waals surface area contributed by atoms with Gasteiger partial charge in [-0.1, -0.05) is 6.92 Å². The van der Waals surface area contributed by atoms with Gasteiger partial charge in [0.1, 0.15) is 5.69 Å². The molecule has 0 aliphatic carbocycles. The van der Waals surface area contributed by atoms with Gasteiger partial charge < -0.3 is 10.2 Å². The highest BCUT2D eigenvalue weighted by molar-refractivity contribution is 5.92. The van der Waals surface area contributed by atoms with Crippen molar-refractivity contribution < 1.29 is 9.59 Å². The van der Waals surface area contributed by atoms with Crippen LogP contribution in [0.5, 0.6) is 0 Å². The maximum atomic E-state index is 12.2. The molecule has 1 saturated heterocycles. The van der Waals surface area contributed by atoms with Gasteiger partial charge in [-0.05, 0) is 30.2 Å². The maximum absolute atomic E-state index is 12.2. The summed E-state index contributed by atoms with van der Waals surface area (Å²) in [7, 11) is 1.80. The van der Waals surface area contributed by atoms with Crippen molar-refractivity contribution >= 4 is 11.8 Å².